The highest BCUT2D eigenvalue weighted by atomic mass is 35.5. The molecule has 0 bridgehead atoms. The minimum Gasteiger partial charge on any atom is -0.449 e. The van der Waals surface area contributed by atoms with Crippen LogP contribution in [0.3, 0.4) is 0 Å². The fraction of sp³-hybridized carbons (Fsp3) is 0.333. The number of nitrogens with one attached hydrogen (secondary N) is 1. The van der Waals surface area contributed by atoms with E-state index in [1.165, 1.54) is 44.4 Å². The Morgan fingerprint density at radius 1 is 1.11 bits per heavy atom. The van der Waals surface area contributed by atoms with Crippen molar-refractivity contribution in [3.63, 3.8) is 0 Å². The average molecular weight is 402 g/mol. The van der Waals surface area contributed by atoms with Crippen LogP contribution in [0.1, 0.15) is 36.5 Å². The molecule has 1 atom stereocenters. The summed E-state index contributed by atoms with van der Waals surface area (Å²) in [6, 6.07) is 12.1. The lowest BCUT2D eigenvalue weighted by molar-refractivity contribution is -0.123. The predicted molar refractivity (Wildman–Crippen MR) is 112 cm³/mol. The van der Waals surface area contributed by atoms with Crippen LogP contribution in [0.25, 0.3) is 0 Å². The Hall–Kier alpha value is -2.73. The monoisotopic (exact) mass is 401 g/mol. The third-order valence-electron chi connectivity index (χ3n) is 4.74. The minimum atomic E-state index is -0.953. The van der Waals surface area contributed by atoms with E-state index in [4.69, 9.17) is 22.1 Å². The molecule has 7 heteroatoms. The normalized spacial score (nSPS) is 15.0. The zero-order valence-corrected chi connectivity index (χ0v) is 16.5. The summed E-state index contributed by atoms with van der Waals surface area (Å²) in [4.78, 5) is 26.9. The van der Waals surface area contributed by atoms with Crippen LogP contribution in [0.4, 0.5) is 17.1 Å². The number of nitrogens with zero attached hydrogens (tertiary/aromatic N) is 1. The van der Waals surface area contributed by atoms with Gasteiger partial charge in [0.15, 0.2) is 6.10 Å². The highest BCUT2D eigenvalue weighted by molar-refractivity contribution is 6.33. The second-order valence-corrected chi connectivity index (χ2v) is 7.27. The van der Waals surface area contributed by atoms with Crippen molar-refractivity contribution in [1.82, 2.24) is 0 Å². The van der Waals surface area contributed by atoms with Gasteiger partial charge in [-0.05, 0) is 68.7 Å². The molecule has 3 N–H and O–H groups in total. The van der Waals surface area contributed by atoms with E-state index in [-0.39, 0.29) is 11.3 Å². The number of anilines is 3. The molecule has 0 spiro atoms. The van der Waals surface area contributed by atoms with Crippen molar-refractivity contribution in [2.75, 3.05) is 29.0 Å². The first-order valence-corrected chi connectivity index (χ1v) is 9.74. The molecule has 0 unspecified atom stereocenters. The standard InChI is InChI=1S/C21H24ClN3O3/c1-14(28-21(27)15-5-10-18(22)19(23)13-15)20(26)24-16-6-8-17(9-7-16)25-11-3-2-4-12-25/h5-10,13-14H,2-4,11-12,23H2,1H3,(H,24,26)/t14-/m1/s1. The number of benzene rings is 2. The van der Waals surface area contributed by atoms with Crippen molar-refractivity contribution < 1.29 is 14.3 Å². The Balaban J connectivity index is 1.56. The SMILES string of the molecule is C[C@@H](OC(=O)c1ccc(Cl)c(N)c1)C(=O)Nc1ccc(N2CCCCC2)cc1. The Morgan fingerprint density at radius 3 is 2.43 bits per heavy atom. The van der Waals surface area contributed by atoms with E-state index >= 15 is 0 Å². The quantitative estimate of drug-likeness (QED) is 0.582. The molecule has 1 aliphatic heterocycles. The van der Waals surface area contributed by atoms with Gasteiger partial charge in [0.05, 0.1) is 16.3 Å². The van der Waals surface area contributed by atoms with Crippen molar-refractivity contribution >= 4 is 40.5 Å². The van der Waals surface area contributed by atoms with Gasteiger partial charge in [-0.1, -0.05) is 11.6 Å². The van der Waals surface area contributed by atoms with Gasteiger partial charge >= 0.3 is 5.97 Å². The van der Waals surface area contributed by atoms with E-state index in [0.29, 0.717) is 10.7 Å². The van der Waals surface area contributed by atoms with Crippen LogP contribution < -0.4 is 16.0 Å². The molecule has 0 aromatic heterocycles. The fourth-order valence-corrected chi connectivity index (χ4v) is 3.22. The van der Waals surface area contributed by atoms with Crippen LogP contribution >= 0.6 is 11.6 Å². The number of hydrogen-bond acceptors (Lipinski definition) is 5. The molecular weight excluding hydrogens is 378 g/mol. The molecule has 1 heterocycles. The molecule has 1 saturated heterocycles. The number of carbonyl (C=O) groups excluding carboxylic acids is 2. The zero-order valence-electron chi connectivity index (χ0n) is 15.8. The number of esters is 1. The molecule has 28 heavy (non-hydrogen) atoms. The Kier molecular flexibility index (Phi) is 6.41. The summed E-state index contributed by atoms with van der Waals surface area (Å²) in [7, 11) is 0. The summed E-state index contributed by atoms with van der Waals surface area (Å²) in [6.45, 7) is 3.65. The van der Waals surface area contributed by atoms with E-state index in [9.17, 15) is 9.59 Å². The van der Waals surface area contributed by atoms with Crippen LogP contribution in [-0.2, 0) is 9.53 Å². The lowest BCUT2D eigenvalue weighted by Gasteiger charge is -2.28. The van der Waals surface area contributed by atoms with E-state index < -0.39 is 18.0 Å². The van der Waals surface area contributed by atoms with Gasteiger partial charge in [-0.15, -0.1) is 0 Å². The van der Waals surface area contributed by atoms with Gasteiger partial charge in [0, 0.05) is 24.5 Å². The molecule has 1 aliphatic rings. The number of piperidine rings is 1. The molecule has 2 aromatic rings. The summed E-state index contributed by atoms with van der Waals surface area (Å²) in [5.41, 5.74) is 8.02. The number of hydrogen-bond donors (Lipinski definition) is 2. The van der Waals surface area contributed by atoms with Gasteiger partial charge < -0.3 is 20.7 Å². The average Bonchev–Trinajstić information content (AvgIpc) is 2.71. The van der Waals surface area contributed by atoms with Crippen molar-refractivity contribution in [2.24, 2.45) is 0 Å². The first-order valence-electron chi connectivity index (χ1n) is 9.36. The van der Waals surface area contributed by atoms with Crippen molar-refractivity contribution in [3.05, 3.63) is 53.1 Å². The molecule has 0 radical (unpaired) electrons. The molecule has 1 amide bonds. The Bertz CT molecular complexity index is 848. The molecule has 0 saturated carbocycles. The summed E-state index contributed by atoms with van der Waals surface area (Å²) in [6.07, 6.45) is 2.75. The van der Waals surface area contributed by atoms with Gasteiger partial charge in [-0.25, -0.2) is 4.79 Å². The van der Waals surface area contributed by atoms with Gasteiger partial charge in [-0.2, -0.15) is 0 Å². The number of halogens is 1. The Labute approximate surface area is 169 Å². The molecule has 0 aliphatic carbocycles. The molecular formula is C21H24ClN3O3. The van der Waals surface area contributed by atoms with Crippen LogP contribution in [0.15, 0.2) is 42.5 Å². The number of carbonyl (C=O) groups is 2. The zero-order chi connectivity index (χ0) is 20.1. The van der Waals surface area contributed by atoms with Crippen molar-refractivity contribution in [2.45, 2.75) is 32.3 Å². The second-order valence-electron chi connectivity index (χ2n) is 6.87. The van der Waals surface area contributed by atoms with E-state index in [1.807, 2.05) is 24.3 Å². The lowest BCUT2D eigenvalue weighted by atomic mass is 10.1. The molecule has 6 nitrogen and oxygen atoms in total. The van der Waals surface area contributed by atoms with E-state index in [2.05, 4.69) is 10.2 Å². The van der Waals surface area contributed by atoms with E-state index in [1.54, 1.807) is 0 Å². The first kappa shape index (κ1) is 20.0. The van der Waals surface area contributed by atoms with Crippen LogP contribution in [0.5, 0.6) is 0 Å². The predicted octanol–water partition coefficient (Wildman–Crippen LogP) is 4.10. The number of nitrogen functional groups attached to an aromatic ring is 1. The largest absolute Gasteiger partial charge is 0.449 e. The van der Waals surface area contributed by atoms with Gasteiger partial charge in [0.25, 0.3) is 5.91 Å². The third-order valence-corrected chi connectivity index (χ3v) is 5.09. The molecule has 3 rings (SSSR count). The molecule has 2 aromatic carbocycles. The summed E-state index contributed by atoms with van der Waals surface area (Å²) in [5, 5.41) is 3.13. The maximum atomic E-state index is 12.3. The smallest absolute Gasteiger partial charge is 0.338 e. The maximum absolute atomic E-state index is 12.3. The minimum absolute atomic E-state index is 0.243. The number of ether oxygens (including phenoxy) is 1. The highest BCUT2D eigenvalue weighted by Gasteiger charge is 2.20. The van der Waals surface area contributed by atoms with Crippen LogP contribution in [0.2, 0.25) is 5.02 Å². The van der Waals surface area contributed by atoms with E-state index in [0.717, 1.165) is 18.8 Å². The third kappa shape index (κ3) is 4.95. The summed E-state index contributed by atoms with van der Waals surface area (Å²) < 4.78 is 5.23. The summed E-state index contributed by atoms with van der Waals surface area (Å²) >= 11 is 5.85. The molecule has 1 fully saturated rings. The topological polar surface area (TPSA) is 84.7 Å². The first-order chi connectivity index (χ1) is 13.4. The molecule has 148 valence electrons. The number of amides is 1. The van der Waals surface area contributed by atoms with Crippen molar-refractivity contribution in [1.29, 1.82) is 0 Å². The lowest BCUT2D eigenvalue weighted by Crippen LogP contribution is -2.30. The highest BCUT2D eigenvalue weighted by Crippen LogP contribution is 2.22. The van der Waals surface area contributed by atoms with Crippen LogP contribution in [-0.4, -0.2) is 31.1 Å². The van der Waals surface area contributed by atoms with Crippen LogP contribution in [0, 0.1) is 0 Å². The van der Waals surface area contributed by atoms with Gasteiger partial charge in [0.1, 0.15) is 0 Å². The summed E-state index contributed by atoms with van der Waals surface area (Å²) in [5.74, 6) is -1.03. The van der Waals surface area contributed by atoms with Gasteiger partial charge in [0.2, 0.25) is 0 Å². The van der Waals surface area contributed by atoms with Crippen molar-refractivity contribution in [3.8, 4) is 0 Å². The van der Waals surface area contributed by atoms with Gasteiger partial charge in [-0.3, -0.25) is 4.79 Å². The second kappa shape index (κ2) is 8.97. The number of nitrogens with two attached hydrogens (primary N) is 1. The Morgan fingerprint density at radius 2 is 1.79 bits per heavy atom. The fourth-order valence-electron chi connectivity index (χ4n) is 3.10. The number of rotatable bonds is 5. The maximum Gasteiger partial charge on any atom is 0.338 e.